The number of para-hydroxylation sites is 1. The summed E-state index contributed by atoms with van der Waals surface area (Å²) in [5.74, 6) is -0.270. The first-order valence-corrected chi connectivity index (χ1v) is 5.87. The largest absolute Gasteiger partial charge is 0.359 e. The number of benzene rings is 1. The molecule has 2 heterocycles. The van der Waals surface area contributed by atoms with Crippen molar-refractivity contribution < 1.29 is 14.4 Å². The summed E-state index contributed by atoms with van der Waals surface area (Å²) in [6, 6.07) is 4.93. The highest BCUT2D eigenvalue weighted by molar-refractivity contribution is 6.11. The van der Waals surface area contributed by atoms with Crippen LogP contribution < -0.4 is 10.2 Å². The first-order chi connectivity index (χ1) is 9.20. The Kier molecular flexibility index (Phi) is 2.56. The smallest absolute Gasteiger partial charge is 0.328 e. The number of aromatic nitrogens is 1. The van der Waals surface area contributed by atoms with Gasteiger partial charge in [0.1, 0.15) is 0 Å². The maximum atomic E-state index is 11.8. The normalized spacial score (nSPS) is 15.7. The van der Waals surface area contributed by atoms with Crippen LogP contribution in [0.15, 0.2) is 24.4 Å². The maximum absolute atomic E-state index is 11.8. The summed E-state index contributed by atoms with van der Waals surface area (Å²) in [6.45, 7) is 0.333. The fourth-order valence-electron chi connectivity index (χ4n) is 2.28. The molecule has 96 valence electrons. The van der Waals surface area contributed by atoms with Crippen LogP contribution in [0.5, 0.6) is 0 Å². The molecule has 3 rings (SSSR count). The Morgan fingerprint density at radius 2 is 2.11 bits per heavy atom. The number of imide groups is 1. The molecule has 0 aliphatic carbocycles. The first kappa shape index (κ1) is 11.5. The zero-order chi connectivity index (χ0) is 13.4. The standard InChI is InChI=1S/C13H11N3O3/c17-7-8-6-14-12-9(8)2-1-3-10(12)16-5-4-11(18)15-13(16)19/h1-3,6-7,14H,4-5H2,(H,15,18,19). The summed E-state index contributed by atoms with van der Waals surface area (Å²) in [5.41, 5.74) is 1.93. The van der Waals surface area contributed by atoms with Gasteiger partial charge in [-0.05, 0) is 6.07 Å². The van der Waals surface area contributed by atoms with E-state index in [2.05, 4.69) is 10.3 Å². The van der Waals surface area contributed by atoms with E-state index in [-0.39, 0.29) is 12.3 Å². The van der Waals surface area contributed by atoms with Gasteiger partial charge in [-0.1, -0.05) is 12.1 Å². The number of amides is 3. The van der Waals surface area contributed by atoms with Gasteiger partial charge in [-0.3, -0.25) is 19.8 Å². The molecule has 2 aromatic rings. The number of carbonyl (C=O) groups is 3. The molecule has 19 heavy (non-hydrogen) atoms. The number of nitrogens with zero attached hydrogens (tertiary/aromatic N) is 1. The van der Waals surface area contributed by atoms with Crippen molar-refractivity contribution in [2.45, 2.75) is 6.42 Å². The van der Waals surface area contributed by atoms with Crippen LogP contribution in [0.1, 0.15) is 16.8 Å². The van der Waals surface area contributed by atoms with Crippen molar-refractivity contribution in [1.29, 1.82) is 0 Å². The van der Waals surface area contributed by atoms with E-state index in [0.717, 1.165) is 11.7 Å². The third-order valence-corrected chi connectivity index (χ3v) is 3.20. The van der Waals surface area contributed by atoms with Crippen LogP contribution in [0.25, 0.3) is 10.9 Å². The van der Waals surface area contributed by atoms with Crippen molar-refractivity contribution >= 4 is 34.8 Å². The molecule has 3 amide bonds. The zero-order valence-corrected chi connectivity index (χ0v) is 9.97. The van der Waals surface area contributed by atoms with Gasteiger partial charge in [-0.2, -0.15) is 0 Å². The number of fused-ring (bicyclic) bond motifs is 1. The predicted octanol–water partition coefficient (Wildman–Crippen LogP) is 1.43. The molecule has 0 atom stereocenters. The van der Waals surface area contributed by atoms with Crippen molar-refractivity contribution in [2.24, 2.45) is 0 Å². The van der Waals surface area contributed by atoms with Crippen LogP contribution in [-0.4, -0.2) is 29.8 Å². The number of aromatic amines is 1. The molecular formula is C13H11N3O3. The molecule has 1 aliphatic heterocycles. The van der Waals surface area contributed by atoms with E-state index in [9.17, 15) is 14.4 Å². The Balaban J connectivity index is 2.10. The van der Waals surface area contributed by atoms with Crippen LogP contribution in [0, 0.1) is 0 Å². The molecule has 1 aromatic heterocycles. The van der Waals surface area contributed by atoms with Crippen molar-refractivity contribution in [3.63, 3.8) is 0 Å². The molecular weight excluding hydrogens is 246 g/mol. The fraction of sp³-hybridized carbons (Fsp3) is 0.154. The summed E-state index contributed by atoms with van der Waals surface area (Å²) in [6.07, 6.45) is 2.64. The topological polar surface area (TPSA) is 82.3 Å². The third-order valence-electron chi connectivity index (χ3n) is 3.20. The van der Waals surface area contributed by atoms with Gasteiger partial charge >= 0.3 is 6.03 Å². The number of urea groups is 1. The van der Waals surface area contributed by atoms with Crippen LogP contribution >= 0.6 is 0 Å². The molecule has 2 N–H and O–H groups in total. The number of anilines is 1. The molecule has 6 heteroatoms. The van der Waals surface area contributed by atoms with Gasteiger partial charge in [0.05, 0.1) is 11.2 Å². The monoisotopic (exact) mass is 257 g/mol. The average molecular weight is 257 g/mol. The van der Waals surface area contributed by atoms with E-state index >= 15 is 0 Å². The first-order valence-electron chi connectivity index (χ1n) is 5.87. The molecule has 0 spiro atoms. The highest BCUT2D eigenvalue weighted by atomic mass is 16.2. The lowest BCUT2D eigenvalue weighted by molar-refractivity contribution is -0.120. The van der Waals surface area contributed by atoms with Crippen molar-refractivity contribution in [2.75, 3.05) is 11.4 Å². The summed E-state index contributed by atoms with van der Waals surface area (Å²) in [5, 5.41) is 3.04. The van der Waals surface area contributed by atoms with E-state index < -0.39 is 6.03 Å². The highest BCUT2D eigenvalue weighted by Crippen LogP contribution is 2.28. The lowest BCUT2D eigenvalue weighted by atomic mass is 10.1. The van der Waals surface area contributed by atoms with Gasteiger partial charge in [-0.25, -0.2) is 4.79 Å². The second kappa shape index (κ2) is 4.24. The molecule has 0 unspecified atom stereocenters. The number of H-pyrrole nitrogens is 1. The lowest BCUT2D eigenvalue weighted by Gasteiger charge is -2.26. The molecule has 0 saturated carbocycles. The van der Waals surface area contributed by atoms with Gasteiger partial charge in [0.2, 0.25) is 5.91 Å². The summed E-state index contributed by atoms with van der Waals surface area (Å²) < 4.78 is 0. The lowest BCUT2D eigenvalue weighted by Crippen LogP contribution is -2.49. The van der Waals surface area contributed by atoms with Gasteiger partial charge in [0.15, 0.2) is 6.29 Å². The summed E-state index contributed by atoms with van der Waals surface area (Å²) >= 11 is 0. The molecule has 0 bridgehead atoms. The number of aldehydes is 1. The molecule has 6 nitrogen and oxygen atoms in total. The van der Waals surface area contributed by atoms with Gasteiger partial charge < -0.3 is 4.98 Å². The number of hydrogen-bond acceptors (Lipinski definition) is 3. The van der Waals surface area contributed by atoms with Crippen LogP contribution in [0.3, 0.4) is 0 Å². The van der Waals surface area contributed by atoms with Crippen LogP contribution in [0.2, 0.25) is 0 Å². The van der Waals surface area contributed by atoms with Crippen LogP contribution in [-0.2, 0) is 4.79 Å². The molecule has 1 fully saturated rings. The summed E-state index contributed by atoms with van der Waals surface area (Å²) in [4.78, 5) is 38.4. The average Bonchev–Trinajstić information content (AvgIpc) is 2.82. The Morgan fingerprint density at radius 1 is 1.26 bits per heavy atom. The van der Waals surface area contributed by atoms with Crippen molar-refractivity contribution in [1.82, 2.24) is 10.3 Å². The van der Waals surface area contributed by atoms with E-state index in [1.165, 1.54) is 4.90 Å². The number of rotatable bonds is 2. The fourth-order valence-corrected chi connectivity index (χ4v) is 2.28. The van der Waals surface area contributed by atoms with E-state index in [0.29, 0.717) is 23.3 Å². The molecule has 1 aromatic carbocycles. The molecule has 0 radical (unpaired) electrons. The third kappa shape index (κ3) is 1.77. The second-order valence-electron chi connectivity index (χ2n) is 4.32. The van der Waals surface area contributed by atoms with E-state index in [1.807, 2.05) is 6.07 Å². The van der Waals surface area contributed by atoms with E-state index in [1.54, 1.807) is 18.3 Å². The molecule has 1 saturated heterocycles. The SMILES string of the molecule is O=Cc1c[nH]c2c(N3CCC(=O)NC3=O)cccc12. The minimum Gasteiger partial charge on any atom is -0.359 e. The Labute approximate surface area is 108 Å². The Hall–Kier alpha value is -2.63. The van der Waals surface area contributed by atoms with Crippen molar-refractivity contribution in [3.8, 4) is 0 Å². The quantitative estimate of drug-likeness (QED) is 0.798. The van der Waals surface area contributed by atoms with Crippen LogP contribution in [0.4, 0.5) is 10.5 Å². The van der Waals surface area contributed by atoms with Gasteiger partial charge in [0.25, 0.3) is 0 Å². The Morgan fingerprint density at radius 3 is 2.84 bits per heavy atom. The minimum absolute atomic E-state index is 0.267. The highest BCUT2D eigenvalue weighted by Gasteiger charge is 2.25. The predicted molar refractivity (Wildman–Crippen MR) is 69.2 cm³/mol. The summed E-state index contributed by atoms with van der Waals surface area (Å²) in [7, 11) is 0. The second-order valence-corrected chi connectivity index (χ2v) is 4.32. The van der Waals surface area contributed by atoms with E-state index in [4.69, 9.17) is 0 Å². The zero-order valence-electron chi connectivity index (χ0n) is 9.97. The Bertz CT molecular complexity index is 689. The number of nitrogens with one attached hydrogen (secondary N) is 2. The minimum atomic E-state index is -0.439. The van der Waals surface area contributed by atoms with Crippen molar-refractivity contribution in [3.05, 3.63) is 30.0 Å². The number of carbonyl (C=O) groups excluding carboxylic acids is 3. The maximum Gasteiger partial charge on any atom is 0.328 e. The molecule has 1 aliphatic rings. The van der Waals surface area contributed by atoms with Gasteiger partial charge in [-0.15, -0.1) is 0 Å². The van der Waals surface area contributed by atoms with Gasteiger partial charge in [0, 0.05) is 30.1 Å². The number of hydrogen-bond donors (Lipinski definition) is 2.